The van der Waals surface area contributed by atoms with Crippen molar-refractivity contribution in [2.75, 3.05) is 57.2 Å². The lowest BCUT2D eigenvalue weighted by molar-refractivity contribution is -0.119. The van der Waals surface area contributed by atoms with Crippen LogP contribution < -0.4 is 10.2 Å². The molecule has 1 amide bonds. The van der Waals surface area contributed by atoms with Crippen LogP contribution in [0.4, 0.5) is 11.4 Å². The Morgan fingerprint density at radius 3 is 2.56 bits per heavy atom. The Labute approximate surface area is 191 Å². The molecule has 0 unspecified atom stereocenters. The SMILES string of the molecule is CN(C)c1cccc(C(=O)OCC(=O)Nc2cc(S(=O)(=O)N3CCOCC3)ccc2Cl)c1. The van der Waals surface area contributed by atoms with Gasteiger partial charge in [0.25, 0.3) is 5.91 Å². The van der Waals surface area contributed by atoms with Gasteiger partial charge in [0.05, 0.1) is 34.4 Å². The van der Waals surface area contributed by atoms with E-state index in [9.17, 15) is 18.0 Å². The van der Waals surface area contributed by atoms with Gasteiger partial charge >= 0.3 is 5.97 Å². The number of benzene rings is 2. The molecule has 2 aromatic carbocycles. The molecule has 1 aliphatic heterocycles. The number of hydrogen-bond acceptors (Lipinski definition) is 7. The number of ether oxygens (including phenoxy) is 2. The Hall–Kier alpha value is -2.66. The molecule has 1 N–H and O–H groups in total. The van der Waals surface area contributed by atoms with Crippen LogP contribution >= 0.6 is 11.6 Å². The standard InChI is InChI=1S/C21H24ClN3O6S/c1-24(2)16-5-3-4-15(12-16)21(27)31-14-20(26)23-19-13-17(6-7-18(19)22)32(28,29)25-8-10-30-11-9-25/h3-7,12-13H,8-11,14H2,1-2H3,(H,23,26). The van der Waals surface area contributed by atoms with E-state index < -0.39 is 28.5 Å². The normalized spacial score (nSPS) is 14.6. The second-order valence-electron chi connectivity index (χ2n) is 7.23. The molecule has 0 spiro atoms. The van der Waals surface area contributed by atoms with Crippen molar-refractivity contribution in [1.82, 2.24) is 4.31 Å². The summed E-state index contributed by atoms with van der Waals surface area (Å²) in [6.07, 6.45) is 0. The van der Waals surface area contributed by atoms with Gasteiger partial charge in [-0.25, -0.2) is 13.2 Å². The smallest absolute Gasteiger partial charge is 0.338 e. The van der Waals surface area contributed by atoms with E-state index in [-0.39, 0.29) is 28.7 Å². The Morgan fingerprint density at radius 2 is 1.88 bits per heavy atom. The molecule has 0 atom stereocenters. The molecular formula is C21H24ClN3O6S. The minimum absolute atomic E-state index is 0.00315. The molecule has 0 bridgehead atoms. The number of carbonyl (C=O) groups is 2. The monoisotopic (exact) mass is 481 g/mol. The molecule has 32 heavy (non-hydrogen) atoms. The zero-order valence-electron chi connectivity index (χ0n) is 17.7. The topological polar surface area (TPSA) is 105 Å². The fourth-order valence-corrected chi connectivity index (χ4v) is 4.61. The number of esters is 1. The highest BCUT2D eigenvalue weighted by Crippen LogP contribution is 2.27. The van der Waals surface area contributed by atoms with E-state index >= 15 is 0 Å². The molecule has 3 rings (SSSR count). The highest BCUT2D eigenvalue weighted by molar-refractivity contribution is 7.89. The van der Waals surface area contributed by atoms with E-state index in [2.05, 4.69) is 5.32 Å². The zero-order chi connectivity index (χ0) is 23.3. The van der Waals surface area contributed by atoms with E-state index in [1.165, 1.54) is 22.5 Å². The number of hydrogen-bond donors (Lipinski definition) is 1. The van der Waals surface area contributed by atoms with Crippen molar-refractivity contribution in [3.05, 3.63) is 53.1 Å². The minimum atomic E-state index is -3.76. The second kappa shape index (κ2) is 10.3. The summed E-state index contributed by atoms with van der Waals surface area (Å²) in [5.74, 6) is -1.30. The predicted molar refractivity (Wildman–Crippen MR) is 121 cm³/mol. The summed E-state index contributed by atoms with van der Waals surface area (Å²) in [4.78, 5) is 26.4. The van der Waals surface area contributed by atoms with Gasteiger partial charge in [-0.15, -0.1) is 0 Å². The van der Waals surface area contributed by atoms with E-state index in [1.807, 2.05) is 25.1 Å². The summed E-state index contributed by atoms with van der Waals surface area (Å²) in [6.45, 7) is 0.579. The van der Waals surface area contributed by atoms with E-state index in [0.717, 1.165) is 5.69 Å². The molecule has 1 heterocycles. The molecule has 1 saturated heterocycles. The number of anilines is 2. The third kappa shape index (κ3) is 5.77. The summed E-state index contributed by atoms with van der Waals surface area (Å²) in [5, 5.41) is 2.65. The van der Waals surface area contributed by atoms with Crippen molar-refractivity contribution < 1.29 is 27.5 Å². The Morgan fingerprint density at radius 1 is 1.16 bits per heavy atom. The molecule has 1 fully saturated rings. The van der Waals surface area contributed by atoms with Crippen LogP contribution in [0.3, 0.4) is 0 Å². The Bertz CT molecular complexity index is 1100. The average Bonchev–Trinajstić information content (AvgIpc) is 2.79. The average molecular weight is 482 g/mol. The summed E-state index contributed by atoms with van der Waals surface area (Å²) in [5.41, 5.74) is 1.23. The van der Waals surface area contributed by atoms with Crippen molar-refractivity contribution >= 4 is 44.9 Å². The number of sulfonamides is 1. The number of halogens is 1. The molecule has 2 aromatic rings. The molecule has 0 aliphatic carbocycles. The number of nitrogens with zero attached hydrogens (tertiary/aromatic N) is 2. The minimum Gasteiger partial charge on any atom is -0.452 e. The molecule has 172 valence electrons. The summed E-state index contributed by atoms with van der Waals surface area (Å²) in [6, 6.07) is 10.8. The highest BCUT2D eigenvalue weighted by atomic mass is 35.5. The molecule has 0 saturated carbocycles. The van der Waals surface area contributed by atoms with Crippen LogP contribution in [-0.4, -0.2) is 71.6 Å². The first-order chi connectivity index (χ1) is 15.2. The van der Waals surface area contributed by atoms with Crippen LogP contribution in [0, 0.1) is 0 Å². The maximum Gasteiger partial charge on any atom is 0.338 e. The van der Waals surface area contributed by atoms with Crippen LogP contribution in [0.1, 0.15) is 10.4 Å². The quantitative estimate of drug-likeness (QED) is 0.604. The van der Waals surface area contributed by atoms with Gasteiger partial charge in [-0.3, -0.25) is 4.79 Å². The predicted octanol–water partition coefficient (Wildman–Crippen LogP) is 2.22. The van der Waals surface area contributed by atoms with Gasteiger partial charge in [0.15, 0.2) is 6.61 Å². The van der Waals surface area contributed by atoms with Gasteiger partial charge in [0, 0.05) is 32.9 Å². The van der Waals surface area contributed by atoms with Crippen molar-refractivity contribution in [1.29, 1.82) is 0 Å². The number of carbonyl (C=O) groups excluding carboxylic acids is 2. The number of nitrogens with one attached hydrogen (secondary N) is 1. The van der Waals surface area contributed by atoms with Crippen molar-refractivity contribution in [2.24, 2.45) is 0 Å². The molecule has 11 heteroatoms. The first-order valence-electron chi connectivity index (χ1n) is 9.80. The van der Waals surface area contributed by atoms with Crippen molar-refractivity contribution in [3.8, 4) is 0 Å². The molecule has 1 aliphatic rings. The fraction of sp³-hybridized carbons (Fsp3) is 0.333. The van der Waals surface area contributed by atoms with Gasteiger partial charge in [-0.05, 0) is 36.4 Å². The first-order valence-corrected chi connectivity index (χ1v) is 11.6. The lowest BCUT2D eigenvalue weighted by Gasteiger charge is -2.26. The lowest BCUT2D eigenvalue weighted by Crippen LogP contribution is -2.40. The fourth-order valence-electron chi connectivity index (χ4n) is 3.01. The number of amides is 1. The molecule has 0 radical (unpaired) electrons. The van der Waals surface area contributed by atoms with Crippen LogP contribution in [0.2, 0.25) is 5.02 Å². The zero-order valence-corrected chi connectivity index (χ0v) is 19.3. The maximum atomic E-state index is 12.8. The van der Waals surface area contributed by atoms with Gasteiger partial charge in [0.2, 0.25) is 10.0 Å². The van der Waals surface area contributed by atoms with Crippen LogP contribution in [0.5, 0.6) is 0 Å². The summed E-state index contributed by atoms with van der Waals surface area (Å²) < 4.78 is 37.2. The van der Waals surface area contributed by atoms with Crippen LogP contribution in [0.25, 0.3) is 0 Å². The molecule has 9 nitrogen and oxygen atoms in total. The highest BCUT2D eigenvalue weighted by Gasteiger charge is 2.27. The number of morpholine rings is 1. The van der Waals surface area contributed by atoms with E-state index in [1.54, 1.807) is 18.2 Å². The third-order valence-electron chi connectivity index (χ3n) is 4.75. The van der Waals surface area contributed by atoms with E-state index in [0.29, 0.717) is 18.8 Å². The van der Waals surface area contributed by atoms with Crippen molar-refractivity contribution in [2.45, 2.75) is 4.90 Å². The summed E-state index contributed by atoms with van der Waals surface area (Å²) >= 11 is 6.13. The maximum absolute atomic E-state index is 12.8. The Kier molecular flexibility index (Phi) is 7.73. The first kappa shape index (κ1) is 24.0. The van der Waals surface area contributed by atoms with Crippen LogP contribution in [0.15, 0.2) is 47.4 Å². The van der Waals surface area contributed by atoms with Gasteiger partial charge in [-0.2, -0.15) is 4.31 Å². The lowest BCUT2D eigenvalue weighted by atomic mass is 10.2. The van der Waals surface area contributed by atoms with Gasteiger partial charge in [-0.1, -0.05) is 17.7 Å². The largest absolute Gasteiger partial charge is 0.452 e. The second-order valence-corrected chi connectivity index (χ2v) is 9.57. The molecule has 0 aromatic heterocycles. The third-order valence-corrected chi connectivity index (χ3v) is 6.98. The van der Waals surface area contributed by atoms with Crippen molar-refractivity contribution in [3.63, 3.8) is 0 Å². The van der Waals surface area contributed by atoms with Crippen LogP contribution in [-0.2, 0) is 24.3 Å². The number of rotatable bonds is 7. The van der Waals surface area contributed by atoms with Gasteiger partial charge < -0.3 is 19.7 Å². The molecular weight excluding hydrogens is 458 g/mol. The summed E-state index contributed by atoms with van der Waals surface area (Å²) in [7, 11) is -0.0714. The van der Waals surface area contributed by atoms with Gasteiger partial charge in [0.1, 0.15) is 0 Å². The van der Waals surface area contributed by atoms with E-state index in [4.69, 9.17) is 21.1 Å². The Balaban J connectivity index is 1.65.